The summed E-state index contributed by atoms with van der Waals surface area (Å²) in [6.45, 7) is 12.0. The van der Waals surface area contributed by atoms with Gasteiger partial charge in [0.15, 0.2) is 17.5 Å². The Labute approximate surface area is 627 Å². The minimum Gasteiger partial charge on any atom is -0.478 e. The highest BCUT2D eigenvalue weighted by molar-refractivity contribution is 6.11. The second-order valence-electron chi connectivity index (χ2n) is 30.2. The van der Waals surface area contributed by atoms with Crippen LogP contribution in [0.25, 0.3) is 22.9 Å². The zero-order chi connectivity index (χ0) is 79.2. The van der Waals surface area contributed by atoms with Crippen molar-refractivity contribution in [1.29, 1.82) is 0 Å². The third-order valence-electron chi connectivity index (χ3n) is 20.0. The highest BCUT2D eigenvalue weighted by Crippen LogP contribution is 2.53. The van der Waals surface area contributed by atoms with Crippen LogP contribution in [-0.2, 0) is 25.1 Å². The normalized spacial score (nSPS) is 20.5. The van der Waals surface area contributed by atoms with E-state index in [0.29, 0.717) is 66.4 Å². The van der Waals surface area contributed by atoms with Gasteiger partial charge in [0.1, 0.15) is 33.9 Å². The molecule has 6 atom stereocenters. The van der Waals surface area contributed by atoms with Gasteiger partial charge in [0.25, 0.3) is 11.8 Å². The zero-order valence-corrected chi connectivity index (χ0v) is 60.9. The van der Waals surface area contributed by atoms with E-state index >= 15 is 0 Å². The first kappa shape index (κ1) is 80.3. The second-order valence-corrected chi connectivity index (χ2v) is 30.2. The number of carboxylic acids is 1. The number of hydrogen-bond donors (Lipinski definition) is 4. The fraction of sp³-hybridized carbons (Fsp3) is 0.430. The van der Waals surface area contributed by atoms with E-state index < -0.39 is 64.8 Å². The number of rotatable bonds is 20. The van der Waals surface area contributed by atoms with Gasteiger partial charge in [-0.15, -0.1) is 39.5 Å². The van der Waals surface area contributed by atoms with Crippen LogP contribution >= 0.6 is 0 Å². The predicted octanol–water partition coefficient (Wildman–Crippen LogP) is 17.6. The third-order valence-corrected chi connectivity index (χ3v) is 20.0. The fourth-order valence-corrected chi connectivity index (χ4v) is 13.7. The number of benzene rings is 6. The molecule has 14 rings (SSSR count). The Morgan fingerprint density at radius 3 is 1.30 bits per heavy atom. The first-order valence-corrected chi connectivity index (χ1v) is 35.8. The number of amidine groups is 1. The quantitative estimate of drug-likeness (QED) is 0.0181. The Morgan fingerprint density at radius 1 is 0.527 bits per heavy atom. The van der Waals surface area contributed by atoms with Crippen molar-refractivity contribution in [2.24, 2.45) is 16.3 Å². The molecule has 31 heteroatoms. The van der Waals surface area contributed by atoms with Crippen molar-refractivity contribution in [3.05, 3.63) is 198 Å². The smallest absolute Gasteiger partial charge is 0.478 e. The Kier molecular flexibility index (Phi) is 23.7. The number of nitrogens with two attached hydrogens (primary N) is 1. The highest BCUT2D eigenvalue weighted by atomic mass is 19.4. The largest absolute Gasteiger partial charge is 0.573 e. The van der Waals surface area contributed by atoms with Gasteiger partial charge in [0.2, 0.25) is 5.91 Å². The number of nitrogens with one attached hydrogen (secondary N) is 1. The molecule has 2 aromatic heterocycles. The molecule has 0 aliphatic heterocycles. The van der Waals surface area contributed by atoms with Gasteiger partial charge in [-0.1, -0.05) is 126 Å². The van der Waals surface area contributed by atoms with Crippen LogP contribution in [-0.4, -0.2) is 132 Å². The molecule has 586 valence electrons. The number of carbonyl (C=O) groups excluding carboxylic acids is 3. The minimum atomic E-state index is -4.77. The maximum atomic E-state index is 13.4. The van der Waals surface area contributed by atoms with Crippen molar-refractivity contribution in [1.82, 2.24) is 35.4 Å². The van der Waals surface area contributed by atoms with Crippen molar-refractivity contribution in [3.63, 3.8) is 0 Å². The zero-order valence-electron chi connectivity index (χ0n) is 60.9. The Bertz CT molecular complexity index is 4470. The number of nitrogens with zero attached hydrogens (tertiary/aromatic N) is 7. The lowest BCUT2D eigenvalue weighted by molar-refractivity contribution is -0.275. The maximum Gasteiger partial charge on any atom is 0.573 e. The van der Waals surface area contributed by atoms with Gasteiger partial charge in [0, 0.05) is 59.5 Å². The van der Waals surface area contributed by atoms with Crippen LogP contribution in [0.1, 0.15) is 175 Å². The van der Waals surface area contributed by atoms with Crippen LogP contribution in [0.5, 0.6) is 17.2 Å². The number of aromatic nitrogens is 4. The molecule has 2 heterocycles. The Balaban J connectivity index is 0.000000152. The van der Waals surface area contributed by atoms with Gasteiger partial charge in [-0.05, 0) is 189 Å². The third kappa shape index (κ3) is 20.6. The summed E-state index contributed by atoms with van der Waals surface area (Å²) < 4.78 is 143. The fourth-order valence-electron chi connectivity index (χ4n) is 13.7. The number of alkyl halides is 9. The number of carbonyl (C=O) groups is 4. The number of carboxylic acid groups (broad SMARTS) is 1. The lowest BCUT2D eigenvalue weighted by Gasteiger charge is -2.43. The van der Waals surface area contributed by atoms with E-state index in [4.69, 9.17) is 34.6 Å². The molecule has 6 saturated carbocycles. The van der Waals surface area contributed by atoms with Gasteiger partial charge in [-0.2, -0.15) is 9.97 Å². The van der Waals surface area contributed by atoms with Crippen LogP contribution < -0.4 is 25.3 Å². The molecule has 6 aliphatic carbocycles. The van der Waals surface area contributed by atoms with Crippen LogP contribution in [0, 0.1) is 5.41 Å². The van der Waals surface area contributed by atoms with E-state index in [1.807, 2.05) is 80.3 Å². The average molecular weight is 1540 g/mol. The standard InChI is InChI=1S/C28H30F3N3O4.C23H22F3N3O2.C20H27N3O4.C8H5F3O3/c1-26(2,3)37-25(35)34(22-16-21(22)18-8-5-4-6-9-18)17-27(14-7-15-27)24-32-23(38-33-24)19-10-12-20(13-11-19)36-28(29,30)31;24-23(25,26)30-17-9-7-16(8-10-17)20-28-21(29-31-20)22(11-4-12-22)14-27-19-13-18(19)15-5-2-1-3-6-15;1-19(2,3)27-18(25)23(15-12-14(15)13-8-5-4-6-9-13)17(24)20(10-7-11-20)16(21)22-26;9-8(10,11)14-6-3-1-5(2-4-6)7(12)13/h4-6,8-13,21-22H,7,14-17H2,1-3H3;1-3,5-10,18-19,27H,4,11-14H2;4-6,8-9,14-15,26H,7,10-12H2,1-3H3,(H2,21,22);1-4H,(H,12,13)/t21?,22-;18?,19-;14?,15-;/m000./s1. The monoisotopic (exact) mass is 1540 g/mol. The van der Waals surface area contributed by atoms with Crippen LogP contribution in [0.3, 0.4) is 0 Å². The predicted molar refractivity (Wildman–Crippen MR) is 380 cm³/mol. The number of aromatic carboxylic acids is 1. The summed E-state index contributed by atoms with van der Waals surface area (Å²) in [6.07, 6.45) is -5.29. The molecule has 6 fully saturated rings. The first-order valence-electron chi connectivity index (χ1n) is 35.8. The molecule has 0 spiro atoms. The molecule has 3 unspecified atom stereocenters. The molecular formula is C79H84F9N9O13. The topological polar surface area (TPSA) is 290 Å². The molecule has 3 amide bonds. The van der Waals surface area contributed by atoms with E-state index in [0.717, 1.165) is 94.2 Å². The number of oxime groups is 1. The molecule has 0 saturated heterocycles. The van der Waals surface area contributed by atoms with Gasteiger partial charge in [-0.3, -0.25) is 4.79 Å². The molecular weight excluding hydrogens is 1450 g/mol. The van der Waals surface area contributed by atoms with Crippen LogP contribution in [0.15, 0.2) is 178 Å². The number of amides is 3. The molecule has 0 radical (unpaired) electrons. The molecule has 22 nitrogen and oxygen atoms in total. The first-order chi connectivity index (χ1) is 51.9. The van der Waals surface area contributed by atoms with E-state index in [1.54, 1.807) is 20.8 Å². The van der Waals surface area contributed by atoms with Crippen LogP contribution in [0.2, 0.25) is 0 Å². The molecule has 6 aliphatic rings. The number of imide groups is 1. The Morgan fingerprint density at radius 2 is 0.918 bits per heavy atom. The van der Waals surface area contributed by atoms with E-state index in [1.165, 1.54) is 64.6 Å². The Hall–Kier alpha value is -10.7. The van der Waals surface area contributed by atoms with Crippen molar-refractivity contribution in [2.45, 2.75) is 196 Å². The lowest BCUT2D eigenvalue weighted by Crippen LogP contribution is -2.57. The molecule has 6 aromatic carbocycles. The van der Waals surface area contributed by atoms with Gasteiger partial charge in [0.05, 0.1) is 17.0 Å². The lowest BCUT2D eigenvalue weighted by atomic mass is 9.66. The summed E-state index contributed by atoms with van der Waals surface area (Å²) in [4.78, 5) is 62.2. The SMILES string of the molecule is CC(C)(C)OC(=O)N(C(=O)C1(C(N)=NO)CCC1)[C@H]1CC1c1ccccc1.CC(C)(C)OC(=O)N(CC1(c2noc(-c3ccc(OC(F)(F)F)cc3)n2)CCC1)[C@H]1CC1c1ccccc1.FC(F)(F)Oc1ccc(-c2nc(C3(CN[C@H]4CC4c4ccccc4)CCC3)no2)cc1.O=C(O)c1ccc(OC(F)(F)F)cc1. The number of halogens is 9. The summed E-state index contributed by atoms with van der Waals surface area (Å²) in [5.41, 5.74) is 7.30. The molecule has 5 N–H and O–H groups in total. The van der Waals surface area contributed by atoms with Crippen molar-refractivity contribution in [3.8, 4) is 40.2 Å². The minimum absolute atomic E-state index is 0.0114. The van der Waals surface area contributed by atoms with Gasteiger partial charge in [-0.25, -0.2) is 19.3 Å². The van der Waals surface area contributed by atoms with Crippen molar-refractivity contribution >= 4 is 29.9 Å². The van der Waals surface area contributed by atoms with E-state index in [9.17, 15) is 58.7 Å². The highest BCUT2D eigenvalue weighted by Gasteiger charge is 2.58. The molecule has 110 heavy (non-hydrogen) atoms. The second kappa shape index (κ2) is 32.5. The molecule has 8 aromatic rings. The van der Waals surface area contributed by atoms with Crippen molar-refractivity contribution < 1.29 is 102 Å². The maximum absolute atomic E-state index is 13.4. The van der Waals surface area contributed by atoms with E-state index in [-0.39, 0.29) is 64.2 Å². The molecule has 0 bridgehead atoms. The van der Waals surface area contributed by atoms with Crippen molar-refractivity contribution in [2.75, 3.05) is 13.1 Å². The van der Waals surface area contributed by atoms with Gasteiger partial charge >= 0.3 is 37.2 Å². The number of hydrogen-bond acceptors (Lipinski definition) is 18. The summed E-state index contributed by atoms with van der Waals surface area (Å²) in [5.74, 6) is -0.320. The van der Waals surface area contributed by atoms with Gasteiger partial charge < -0.3 is 59.0 Å². The number of ether oxygens (including phenoxy) is 5. The van der Waals surface area contributed by atoms with E-state index in [2.05, 4.69) is 81.4 Å². The summed E-state index contributed by atoms with van der Waals surface area (Å²) in [5, 5.41) is 32.8. The summed E-state index contributed by atoms with van der Waals surface area (Å²) in [6, 6.07) is 45.3. The average Bonchev–Trinajstić information content (AvgIpc) is 1.54. The van der Waals surface area contributed by atoms with Crippen LogP contribution in [0.4, 0.5) is 49.1 Å². The summed E-state index contributed by atoms with van der Waals surface area (Å²) >= 11 is 0. The summed E-state index contributed by atoms with van der Waals surface area (Å²) in [7, 11) is 0.